The predicted octanol–water partition coefficient (Wildman–Crippen LogP) is 2.68. The lowest BCUT2D eigenvalue weighted by atomic mass is 9.83. The number of aryl methyl sites for hydroxylation is 1. The quantitative estimate of drug-likeness (QED) is 0.866. The van der Waals surface area contributed by atoms with E-state index >= 15 is 0 Å². The lowest BCUT2D eigenvalue weighted by Crippen LogP contribution is -2.42. The Morgan fingerprint density at radius 2 is 2.23 bits per heavy atom. The van der Waals surface area contributed by atoms with E-state index in [9.17, 15) is 4.79 Å². The Kier molecular flexibility index (Phi) is 4.50. The molecule has 1 atom stereocenters. The summed E-state index contributed by atoms with van der Waals surface area (Å²) in [7, 11) is 1.64. The van der Waals surface area contributed by atoms with Crippen molar-refractivity contribution >= 4 is 17.5 Å². The van der Waals surface area contributed by atoms with Gasteiger partial charge in [-0.25, -0.2) is 0 Å². The molecule has 2 aromatic rings. The van der Waals surface area contributed by atoms with Crippen LogP contribution in [0.15, 0.2) is 24.4 Å². The van der Waals surface area contributed by atoms with Crippen molar-refractivity contribution in [2.75, 3.05) is 20.1 Å². The summed E-state index contributed by atoms with van der Waals surface area (Å²) in [6.07, 6.45) is 3.01. The molecule has 3 heterocycles. The van der Waals surface area contributed by atoms with Crippen molar-refractivity contribution < 1.29 is 9.53 Å². The second kappa shape index (κ2) is 6.68. The molecule has 138 valence electrons. The highest BCUT2D eigenvalue weighted by Gasteiger charge is 2.48. The van der Waals surface area contributed by atoms with E-state index in [-0.39, 0.29) is 5.91 Å². The Hall–Kier alpha value is -1.89. The summed E-state index contributed by atoms with van der Waals surface area (Å²) >= 11 is 6.25. The van der Waals surface area contributed by atoms with Crippen LogP contribution in [0.25, 0.3) is 0 Å². The SMILES string of the molecule is CNC(=O)C1OC2(CCN(Cc3cn[nH]c3C)CC2)c2cc(Cl)ccc21. The van der Waals surface area contributed by atoms with E-state index in [0.29, 0.717) is 5.02 Å². The summed E-state index contributed by atoms with van der Waals surface area (Å²) in [6, 6.07) is 5.72. The molecule has 2 aliphatic heterocycles. The highest BCUT2D eigenvalue weighted by molar-refractivity contribution is 6.30. The summed E-state index contributed by atoms with van der Waals surface area (Å²) in [4.78, 5) is 14.7. The number of benzene rings is 1. The summed E-state index contributed by atoms with van der Waals surface area (Å²) < 4.78 is 6.36. The third-order valence-electron chi connectivity index (χ3n) is 5.61. The summed E-state index contributed by atoms with van der Waals surface area (Å²) in [5.74, 6) is -0.109. The molecular weight excluding hydrogens is 352 g/mol. The van der Waals surface area contributed by atoms with Crippen LogP contribution in [0.5, 0.6) is 0 Å². The number of halogens is 1. The minimum Gasteiger partial charge on any atom is -0.357 e. The van der Waals surface area contributed by atoms with Crippen molar-refractivity contribution in [3.63, 3.8) is 0 Å². The van der Waals surface area contributed by atoms with Gasteiger partial charge in [-0.1, -0.05) is 17.7 Å². The number of H-pyrrole nitrogens is 1. The fraction of sp³-hybridized carbons (Fsp3) is 0.474. The second-order valence-corrected chi connectivity index (χ2v) is 7.57. The molecule has 1 spiro atoms. The van der Waals surface area contributed by atoms with Gasteiger partial charge in [0.15, 0.2) is 6.10 Å². The fourth-order valence-electron chi connectivity index (χ4n) is 4.07. The molecule has 0 radical (unpaired) electrons. The van der Waals surface area contributed by atoms with Gasteiger partial charge in [0.25, 0.3) is 5.91 Å². The first-order valence-corrected chi connectivity index (χ1v) is 9.31. The number of rotatable bonds is 3. The average Bonchev–Trinajstić information content (AvgIpc) is 3.18. The molecule has 1 aromatic carbocycles. The number of hydrogen-bond donors (Lipinski definition) is 2. The number of nitrogens with one attached hydrogen (secondary N) is 2. The fourth-order valence-corrected chi connectivity index (χ4v) is 4.24. The van der Waals surface area contributed by atoms with Gasteiger partial charge in [0.2, 0.25) is 0 Å². The molecule has 1 saturated heterocycles. The van der Waals surface area contributed by atoms with Gasteiger partial charge in [0.05, 0.1) is 11.8 Å². The Balaban J connectivity index is 1.55. The van der Waals surface area contributed by atoms with E-state index in [1.54, 1.807) is 7.05 Å². The minimum atomic E-state index is -0.560. The number of carbonyl (C=O) groups is 1. The van der Waals surface area contributed by atoms with Crippen molar-refractivity contribution in [2.24, 2.45) is 0 Å². The van der Waals surface area contributed by atoms with Gasteiger partial charge < -0.3 is 10.1 Å². The third kappa shape index (κ3) is 2.92. The van der Waals surface area contributed by atoms with Gasteiger partial charge in [0, 0.05) is 43.0 Å². The highest BCUT2D eigenvalue weighted by Crippen LogP contribution is 2.50. The summed E-state index contributed by atoms with van der Waals surface area (Å²) in [5.41, 5.74) is 3.91. The van der Waals surface area contributed by atoms with Crippen molar-refractivity contribution in [1.82, 2.24) is 20.4 Å². The van der Waals surface area contributed by atoms with Crippen LogP contribution in [-0.4, -0.2) is 41.1 Å². The monoisotopic (exact) mass is 374 g/mol. The highest BCUT2D eigenvalue weighted by atomic mass is 35.5. The first-order chi connectivity index (χ1) is 12.5. The van der Waals surface area contributed by atoms with Gasteiger partial charge in [0.1, 0.15) is 0 Å². The molecule has 4 rings (SSSR count). The van der Waals surface area contributed by atoms with E-state index in [1.807, 2.05) is 31.3 Å². The molecule has 2 N–H and O–H groups in total. The minimum absolute atomic E-state index is 0.109. The molecule has 0 bridgehead atoms. The molecular formula is C19H23ClN4O2. The van der Waals surface area contributed by atoms with Gasteiger partial charge in [-0.3, -0.25) is 14.8 Å². The maximum absolute atomic E-state index is 12.3. The van der Waals surface area contributed by atoms with E-state index in [4.69, 9.17) is 16.3 Å². The van der Waals surface area contributed by atoms with Crippen LogP contribution in [0, 0.1) is 6.92 Å². The molecule has 6 nitrogen and oxygen atoms in total. The number of aromatic nitrogens is 2. The molecule has 26 heavy (non-hydrogen) atoms. The number of hydrogen-bond acceptors (Lipinski definition) is 4. The lowest BCUT2D eigenvalue weighted by Gasteiger charge is -2.39. The van der Waals surface area contributed by atoms with Crippen LogP contribution < -0.4 is 5.32 Å². The molecule has 1 amide bonds. The number of likely N-dealkylation sites (N-methyl/N-ethyl adjacent to an activating group) is 1. The van der Waals surface area contributed by atoms with Crippen molar-refractivity contribution in [3.8, 4) is 0 Å². The smallest absolute Gasteiger partial charge is 0.253 e. The van der Waals surface area contributed by atoms with Crippen LogP contribution in [0.2, 0.25) is 5.02 Å². The van der Waals surface area contributed by atoms with Gasteiger partial charge in [-0.2, -0.15) is 5.10 Å². The maximum Gasteiger partial charge on any atom is 0.253 e. The predicted molar refractivity (Wildman–Crippen MR) is 98.9 cm³/mol. The number of piperidine rings is 1. The molecule has 0 saturated carbocycles. The van der Waals surface area contributed by atoms with E-state index in [1.165, 1.54) is 5.56 Å². The topological polar surface area (TPSA) is 70.2 Å². The Morgan fingerprint density at radius 3 is 2.88 bits per heavy atom. The third-order valence-corrected chi connectivity index (χ3v) is 5.84. The summed E-state index contributed by atoms with van der Waals surface area (Å²) in [5, 5.41) is 10.5. The van der Waals surface area contributed by atoms with Gasteiger partial charge >= 0.3 is 0 Å². The molecule has 2 aliphatic rings. The summed E-state index contributed by atoms with van der Waals surface area (Å²) in [6.45, 7) is 4.72. The lowest BCUT2D eigenvalue weighted by molar-refractivity contribution is -0.150. The number of nitrogens with zero attached hydrogens (tertiary/aromatic N) is 2. The molecule has 1 aromatic heterocycles. The largest absolute Gasteiger partial charge is 0.357 e. The van der Waals surface area contributed by atoms with Crippen molar-refractivity contribution in [3.05, 3.63) is 51.8 Å². The second-order valence-electron chi connectivity index (χ2n) is 7.13. The number of fused-ring (bicyclic) bond motifs is 2. The number of carbonyl (C=O) groups excluding carboxylic acids is 1. The van der Waals surface area contributed by atoms with Crippen LogP contribution in [0.3, 0.4) is 0 Å². The van der Waals surface area contributed by atoms with Crippen LogP contribution >= 0.6 is 11.6 Å². The Labute approximate surface area is 157 Å². The number of aromatic amines is 1. The Bertz CT molecular complexity index is 827. The van der Waals surface area contributed by atoms with Crippen molar-refractivity contribution in [2.45, 2.75) is 38.0 Å². The van der Waals surface area contributed by atoms with Crippen molar-refractivity contribution in [1.29, 1.82) is 0 Å². The molecule has 7 heteroatoms. The standard InChI is InChI=1S/C19H23ClN4O2/c1-12-13(10-22-23-12)11-24-7-5-19(6-8-24)16-9-14(20)3-4-15(16)17(26-19)18(25)21-2/h3-4,9-10,17H,5-8,11H2,1-2H3,(H,21,25)(H,22,23). The van der Waals surface area contributed by atoms with Crippen LogP contribution in [0.4, 0.5) is 0 Å². The van der Waals surface area contributed by atoms with Crippen LogP contribution in [0.1, 0.15) is 41.3 Å². The van der Waals surface area contributed by atoms with Gasteiger partial charge in [-0.15, -0.1) is 0 Å². The normalized spacial score (nSPS) is 21.7. The maximum atomic E-state index is 12.3. The zero-order valence-electron chi connectivity index (χ0n) is 15.0. The number of ether oxygens (including phenoxy) is 1. The van der Waals surface area contributed by atoms with Gasteiger partial charge in [-0.05, 0) is 43.0 Å². The van der Waals surface area contributed by atoms with Crippen LogP contribution in [-0.2, 0) is 21.7 Å². The van der Waals surface area contributed by atoms with E-state index in [2.05, 4.69) is 20.4 Å². The zero-order chi connectivity index (χ0) is 18.3. The number of likely N-dealkylation sites (tertiary alicyclic amines) is 1. The first-order valence-electron chi connectivity index (χ1n) is 8.93. The Morgan fingerprint density at radius 1 is 1.46 bits per heavy atom. The zero-order valence-corrected chi connectivity index (χ0v) is 15.8. The molecule has 1 unspecified atom stereocenters. The first kappa shape index (κ1) is 17.5. The molecule has 1 fully saturated rings. The van der Waals surface area contributed by atoms with E-state index < -0.39 is 11.7 Å². The van der Waals surface area contributed by atoms with E-state index in [0.717, 1.165) is 49.3 Å². The average molecular weight is 375 g/mol. The number of amides is 1. The molecule has 0 aliphatic carbocycles.